The first-order valence-electron chi connectivity index (χ1n) is 6.96. The van der Waals surface area contributed by atoms with Crippen molar-refractivity contribution in [2.24, 2.45) is 0 Å². The minimum Gasteiger partial charge on any atom is -0.481 e. The molecule has 1 aromatic carbocycles. The van der Waals surface area contributed by atoms with Crippen molar-refractivity contribution in [1.29, 1.82) is 0 Å². The Hall–Kier alpha value is -2.21. The second kappa shape index (κ2) is 7.17. The molecule has 116 valence electrons. The predicted molar refractivity (Wildman–Crippen MR) is 84.9 cm³/mol. The molecular weight excluding hydrogens is 300 g/mol. The number of hydrogen-bond acceptors (Lipinski definition) is 4. The van der Waals surface area contributed by atoms with E-state index in [1.807, 2.05) is 11.4 Å². The molecule has 2 aromatic rings. The third-order valence-electron chi connectivity index (χ3n) is 3.57. The van der Waals surface area contributed by atoms with Gasteiger partial charge >= 0.3 is 5.97 Å². The maximum absolute atomic E-state index is 11.9. The molecule has 22 heavy (non-hydrogen) atoms. The highest BCUT2D eigenvalue weighted by Crippen LogP contribution is 2.23. The van der Waals surface area contributed by atoms with Crippen molar-refractivity contribution in [3.8, 4) is 0 Å². The van der Waals surface area contributed by atoms with Crippen LogP contribution in [0.15, 0.2) is 41.9 Å². The summed E-state index contributed by atoms with van der Waals surface area (Å²) in [5.41, 5.74) is -0.472. The van der Waals surface area contributed by atoms with Crippen molar-refractivity contribution < 1.29 is 14.7 Å². The Morgan fingerprint density at radius 1 is 1.32 bits per heavy atom. The minimum atomic E-state index is -1.14. The fraction of sp³-hybridized carbons (Fsp3) is 0.312. The zero-order chi connectivity index (χ0) is 16.0. The van der Waals surface area contributed by atoms with E-state index in [1.54, 1.807) is 37.4 Å². The molecule has 6 heteroatoms. The van der Waals surface area contributed by atoms with Gasteiger partial charge in [-0.05, 0) is 12.5 Å². The standard InChI is InChI=1S/C16H18N2O3S/c1-16(15(20)21,12-5-3-2-4-6-12)11-18-13(19)7-8-14-17-9-10-22-14/h2-6,9-10H,7-8,11H2,1H3,(H,18,19)(H,20,21). The van der Waals surface area contributed by atoms with Crippen LogP contribution < -0.4 is 5.32 Å². The van der Waals surface area contributed by atoms with Gasteiger partial charge in [-0.1, -0.05) is 30.3 Å². The summed E-state index contributed by atoms with van der Waals surface area (Å²) < 4.78 is 0. The minimum absolute atomic E-state index is 0.0586. The molecule has 0 aliphatic heterocycles. The van der Waals surface area contributed by atoms with Gasteiger partial charge in [0.1, 0.15) is 5.41 Å². The molecule has 1 atom stereocenters. The predicted octanol–water partition coefficient (Wildman–Crippen LogP) is 2.23. The lowest BCUT2D eigenvalue weighted by Gasteiger charge is -2.25. The number of carboxylic acid groups (broad SMARTS) is 1. The Morgan fingerprint density at radius 2 is 2.05 bits per heavy atom. The quantitative estimate of drug-likeness (QED) is 0.820. The third-order valence-corrected chi connectivity index (χ3v) is 4.41. The van der Waals surface area contributed by atoms with Gasteiger partial charge in [0.25, 0.3) is 0 Å². The Balaban J connectivity index is 1.94. The maximum Gasteiger partial charge on any atom is 0.315 e. The van der Waals surface area contributed by atoms with E-state index in [1.165, 1.54) is 11.3 Å². The SMILES string of the molecule is CC(CNC(=O)CCc1nccs1)(C(=O)O)c1ccccc1. The number of nitrogens with zero attached hydrogens (tertiary/aromatic N) is 1. The van der Waals surface area contributed by atoms with Crippen LogP contribution in [0.4, 0.5) is 0 Å². The van der Waals surface area contributed by atoms with E-state index in [-0.39, 0.29) is 12.5 Å². The number of aryl methyl sites for hydroxylation is 1. The molecule has 0 fully saturated rings. The molecule has 1 amide bonds. The summed E-state index contributed by atoms with van der Waals surface area (Å²) in [7, 11) is 0. The fourth-order valence-corrected chi connectivity index (χ4v) is 2.69. The van der Waals surface area contributed by atoms with Gasteiger partial charge < -0.3 is 10.4 Å². The molecule has 0 saturated carbocycles. The van der Waals surface area contributed by atoms with E-state index in [2.05, 4.69) is 10.3 Å². The van der Waals surface area contributed by atoms with Crippen molar-refractivity contribution in [3.63, 3.8) is 0 Å². The lowest BCUT2D eigenvalue weighted by atomic mass is 9.82. The molecule has 1 aromatic heterocycles. The largest absolute Gasteiger partial charge is 0.481 e. The molecule has 0 aliphatic carbocycles. The van der Waals surface area contributed by atoms with Gasteiger partial charge in [-0.3, -0.25) is 9.59 Å². The van der Waals surface area contributed by atoms with E-state index in [4.69, 9.17) is 0 Å². The number of carbonyl (C=O) groups is 2. The summed E-state index contributed by atoms with van der Waals surface area (Å²) in [5, 5.41) is 15.0. The van der Waals surface area contributed by atoms with Gasteiger partial charge in [-0.25, -0.2) is 4.98 Å². The highest BCUT2D eigenvalue weighted by atomic mass is 32.1. The van der Waals surface area contributed by atoms with Gasteiger partial charge in [0.15, 0.2) is 0 Å². The van der Waals surface area contributed by atoms with Crippen molar-refractivity contribution in [3.05, 3.63) is 52.5 Å². The molecule has 2 rings (SSSR count). The van der Waals surface area contributed by atoms with Crippen LogP contribution in [0.2, 0.25) is 0 Å². The summed E-state index contributed by atoms with van der Waals surface area (Å²) in [6.07, 6.45) is 2.57. The summed E-state index contributed by atoms with van der Waals surface area (Å²) in [5.74, 6) is -1.13. The smallest absolute Gasteiger partial charge is 0.315 e. The monoisotopic (exact) mass is 318 g/mol. The number of nitrogens with one attached hydrogen (secondary N) is 1. The topological polar surface area (TPSA) is 79.3 Å². The highest BCUT2D eigenvalue weighted by Gasteiger charge is 2.35. The number of thiazole rings is 1. The molecule has 0 spiro atoms. The average molecular weight is 318 g/mol. The van der Waals surface area contributed by atoms with Gasteiger partial charge in [-0.2, -0.15) is 0 Å². The number of benzene rings is 1. The van der Waals surface area contributed by atoms with E-state index in [0.29, 0.717) is 18.4 Å². The van der Waals surface area contributed by atoms with E-state index < -0.39 is 11.4 Å². The van der Waals surface area contributed by atoms with Crippen LogP contribution in [0, 0.1) is 0 Å². The molecular formula is C16H18N2O3S. The second-order valence-corrected chi connectivity index (χ2v) is 6.18. The number of aliphatic carboxylic acids is 1. The first-order chi connectivity index (χ1) is 10.5. The molecule has 0 aliphatic rings. The number of amides is 1. The first kappa shape index (κ1) is 16.2. The van der Waals surface area contributed by atoms with Crippen LogP contribution in [0.1, 0.15) is 23.9 Å². The van der Waals surface area contributed by atoms with Crippen LogP contribution in [0.25, 0.3) is 0 Å². The number of carboxylic acids is 1. The van der Waals surface area contributed by atoms with Crippen LogP contribution in [-0.2, 0) is 21.4 Å². The fourth-order valence-electron chi connectivity index (χ4n) is 2.07. The van der Waals surface area contributed by atoms with Gasteiger partial charge in [0.2, 0.25) is 5.91 Å². The zero-order valence-corrected chi connectivity index (χ0v) is 13.1. The lowest BCUT2D eigenvalue weighted by molar-refractivity contribution is -0.143. The van der Waals surface area contributed by atoms with Crippen molar-refractivity contribution in [2.75, 3.05) is 6.54 Å². The average Bonchev–Trinajstić information content (AvgIpc) is 3.04. The van der Waals surface area contributed by atoms with E-state index >= 15 is 0 Å². The number of rotatable bonds is 7. The molecule has 0 bridgehead atoms. The first-order valence-corrected chi connectivity index (χ1v) is 7.84. The van der Waals surface area contributed by atoms with Crippen molar-refractivity contribution in [1.82, 2.24) is 10.3 Å². The number of hydrogen-bond donors (Lipinski definition) is 2. The Labute approximate surface area is 133 Å². The molecule has 0 saturated heterocycles. The highest BCUT2D eigenvalue weighted by molar-refractivity contribution is 7.09. The Bertz CT molecular complexity index is 628. The number of carbonyl (C=O) groups excluding carboxylic acids is 1. The molecule has 1 unspecified atom stereocenters. The zero-order valence-electron chi connectivity index (χ0n) is 12.3. The van der Waals surface area contributed by atoms with Crippen LogP contribution in [0.5, 0.6) is 0 Å². The summed E-state index contributed by atoms with van der Waals surface area (Å²) in [4.78, 5) is 27.6. The Kier molecular flexibility index (Phi) is 5.27. The summed E-state index contributed by atoms with van der Waals surface area (Å²) in [6.45, 7) is 1.68. The molecule has 5 nitrogen and oxygen atoms in total. The summed E-state index contributed by atoms with van der Waals surface area (Å²) >= 11 is 1.51. The van der Waals surface area contributed by atoms with Crippen LogP contribution in [-0.4, -0.2) is 28.5 Å². The number of aromatic nitrogens is 1. The molecule has 2 N–H and O–H groups in total. The van der Waals surface area contributed by atoms with E-state index in [0.717, 1.165) is 5.01 Å². The normalized spacial score (nSPS) is 13.3. The molecule has 1 heterocycles. The molecule has 0 radical (unpaired) electrons. The van der Waals surface area contributed by atoms with Gasteiger partial charge in [0, 0.05) is 31.0 Å². The van der Waals surface area contributed by atoms with Gasteiger partial charge in [0.05, 0.1) is 5.01 Å². The van der Waals surface area contributed by atoms with Crippen molar-refractivity contribution in [2.45, 2.75) is 25.2 Å². The Morgan fingerprint density at radius 3 is 2.64 bits per heavy atom. The second-order valence-electron chi connectivity index (χ2n) is 5.21. The third kappa shape index (κ3) is 3.92. The maximum atomic E-state index is 11.9. The lowest BCUT2D eigenvalue weighted by Crippen LogP contribution is -2.44. The van der Waals surface area contributed by atoms with Crippen LogP contribution >= 0.6 is 11.3 Å². The summed E-state index contributed by atoms with van der Waals surface area (Å²) in [6, 6.07) is 8.94. The van der Waals surface area contributed by atoms with E-state index in [9.17, 15) is 14.7 Å². The van der Waals surface area contributed by atoms with Crippen molar-refractivity contribution >= 4 is 23.2 Å². The van der Waals surface area contributed by atoms with Crippen LogP contribution in [0.3, 0.4) is 0 Å². The van der Waals surface area contributed by atoms with Gasteiger partial charge in [-0.15, -0.1) is 11.3 Å².